The Morgan fingerprint density at radius 1 is 1.23 bits per heavy atom. The second-order valence-corrected chi connectivity index (χ2v) is 8.60. The number of rotatable bonds is 4. The summed E-state index contributed by atoms with van der Waals surface area (Å²) in [7, 11) is 0. The third kappa shape index (κ3) is 3.40. The molecule has 3 aromatic heterocycles. The maximum atomic E-state index is 12.6. The molecule has 0 spiro atoms. The van der Waals surface area contributed by atoms with Gasteiger partial charge in [-0.25, -0.2) is 9.97 Å². The number of carbonyl (C=O) groups is 1. The number of hydrogen-bond acceptors (Lipinski definition) is 7. The van der Waals surface area contributed by atoms with Gasteiger partial charge in [0.25, 0.3) is 5.91 Å². The van der Waals surface area contributed by atoms with Crippen molar-refractivity contribution in [3.63, 3.8) is 0 Å². The highest BCUT2D eigenvalue weighted by Gasteiger charge is 2.22. The van der Waals surface area contributed by atoms with Crippen molar-refractivity contribution in [3.8, 4) is 11.4 Å². The summed E-state index contributed by atoms with van der Waals surface area (Å²) < 4.78 is 5.52. The van der Waals surface area contributed by atoms with E-state index in [-0.39, 0.29) is 11.9 Å². The van der Waals surface area contributed by atoms with Crippen LogP contribution in [0, 0.1) is 0 Å². The fourth-order valence-electron chi connectivity index (χ4n) is 3.65. The van der Waals surface area contributed by atoms with Crippen molar-refractivity contribution in [2.45, 2.75) is 19.9 Å². The van der Waals surface area contributed by atoms with Crippen LogP contribution in [-0.2, 0) is 4.74 Å². The highest BCUT2D eigenvalue weighted by Crippen LogP contribution is 2.35. The van der Waals surface area contributed by atoms with E-state index in [4.69, 9.17) is 14.7 Å². The summed E-state index contributed by atoms with van der Waals surface area (Å²) in [6.45, 7) is 6.73. The molecule has 1 aliphatic rings. The molecule has 0 unspecified atom stereocenters. The molecule has 4 heterocycles. The molecule has 1 fully saturated rings. The van der Waals surface area contributed by atoms with Gasteiger partial charge in [-0.15, -0.1) is 11.3 Å². The summed E-state index contributed by atoms with van der Waals surface area (Å²) in [6, 6.07) is 7.93. The van der Waals surface area contributed by atoms with Crippen LogP contribution in [0.25, 0.3) is 32.5 Å². The number of H-pyrrole nitrogens is 1. The van der Waals surface area contributed by atoms with Crippen LogP contribution in [0.4, 0.5) is 5.82 Å². The third-order valence-corrected chi connectivity index (χ3v) is 6.08. The van der Waals surface area contributed by atoms with Crippen molar-refractivity contribution in [1.29, 1.82) is 0 Å². The maximum Gasteiger partial charge on any atom is 0.261 e. The van der Waals surface area contributed by atoms with E-state index in [9.17, 15) is 4.79 Å². The number of anilines is 1. The molecule has 2 N–H and O–H groups in total. The fourth-order valence-corrected chi connectivity index (χ4v) is 4.58. The van der Waals surface area contributed by atoms with Gasteiger partial charge in [0, 0.05) is 30.1 Å². The summed E-state index contributed by atoms with van der Waals surface area (Å²) in [5.74, 6) is 1.40. The Kier molecular flexibility index (Phi) is 4.84. The lowest BCUT2D eigenvalue weighted by Crippen LogP contribution is -2.37. The van der Waals surface area contributed by atoms with Crippen LogP contribution in [0.15, 0.2) is 30.5 Å². The van der Waals surface area contributed by atoms with Crippen LogP contribution in [0.5, 0.6) is 0 Å². The van der Waals surface area contributed by atoms with Crippen molar-refractivity contribution in [3.05, 3.63) is 35.3 Å². The molecule has 1 aromatic carbocycles. The minimum absolute atomic E-state index is 0.0711. The number of morpholine rings is 1. The number of fused-ring (bicyclic) bond motifs is 2. The number of aromatic nitrogens is 4. The smallest absolute Gasteiger partial charge is 0.261 e. The summed E-state index contributed by atoms with van der Waals surface area (Å²) in [4.78, 5) is 26.1. The minimum Gasteiger partial charge on any atom is -0.378 e. The second kappa shape index (κ2) is 7.66. The monoisotopic (exact) mass is 422 g/mol. The number of nitrogens with one attached hydrogen (secondary N) is 2. The quantitative estimate of drug-likeness (QED) is 0.524. The van der Waals surface area contributed by atoms with E-state index in [1.54, 1.807) is 6.20 Å². The van der Waals surface area contributed by atoms with Crippen LogP contribution in [0.2, 0.25) is 0 Å². The molecule has 0 saturated carbocycles. The molecule has 1 saturated heterocycles. The topological polar surface area (TPSA) is 96.0 Å². The standard InChI is InChI=1S/C21H22N6O2S/c1-12(2)23-20(28)17-10-14-19(27-6-8-29-9-7-27)24-18(25-21(14)30-17)13-4-3-5-16-15(13)11-22-26-16/h3-5,10-12H,6-9H2,1-2H3,(H,22,26)(H,23,28). The molecule has 30 heavy (non-hydrogen) atoms. The first-order valence-corrected chi connectivity index (χ1v) is 10.8. The first-order valence-electron chi connectivity index (χ1n) is 9.98. The minimum atomic E-state index is -0.0839. The summed E-state index contributed by atoms with van der Waals surface area (Å²) in [6.07, 6.45) is 1.79. The lowest BCUT2D eigenvalue weighted by atomic mass is 10.1. The van der Waals surface area contributed by atoms with Gasteiger partial charge in [-0.3, -0.25) is 9.89 Å². The zero-order valence-corrected chi connectivity index (χ0v) is 17.6. The van der Waals surface area contributed by atoms with E-state index in [1.165, 1.54) is 11.3 Å². The number of benzene rings is 1. The summed E-state index contributed by atoms with van der Waals surface area (Å²) >= 11 is 1.40. The molecule has 9 heteroatoms. The molecule has 0 radical (unpaired) electrons. The van der Waals surface area contributed by atoms with Crippen molar-refractivity contribution >= 4 is 44.2 Å². The molecule has 5 rings (SSSR count). The summed E-state index contributed by atoms with van der Waals surface area (Å²) in [5.41, 5.74) is 1.85. The van der Waals surface area contributed by atoms with Crippen molar-refractivity contribution < 1.29 is 9.53 Å². The van der Waals surface area contributed by atoms with E-state index < -0.39 is 0 Å². The largest absolute Gasteiger partial charge is 0.378 e. The Labute approximate surface area is 177 Å². The Morgan fingerprint density at radius 2 is 2.07 bits per heavy atom. The van der Waals surface area contributed by atoms with Crippen molar-refractivity contribution in [2.24, 2.45) is 0 Å². The molecule has 4 aromatic rings. The van der Waals surface area contributed by atoms with Gasteiger partial charge in [0.2, 0.25) is 0 Å². The number of aromatic amines is 1. The van der Waals surface area contributed by atoms with Gasteiger partial charge in [-0.05, 0) is 26.0 Å². The number of carbonyl (C=O) groups excluding carboxylic acids is 1. The molecule has 1 amide bonds. The van der Waals surface area contributed by atoms with Crippen LogP contribution >= 0.6 is 11.3 Å². The number of nitrogens with zero attached hydrogens (tertiary/aromatic N) is 4. The van der Waals surface area contributed by atoms with Gasteiger partial charge in [0.1, 0.15) is 10.6 Å². The van der Waals surface area contributed by atoms with Gasteiger partial charge >= 0.3 is 0 Å². The van der Waals surface area contributed by atoms with Gasteiger partial charge in [-0.2, -0.15) is 5.10 Å². The fraction of sp³-hybridized carbons (Fsp3) is 0.333. The Bertz CT molecular complexity index is 1220. The molecule has 0 bridgehead atoms. The van der Waals surface area contributed by atoms with Crippen LogP contribution in [-0.4, -0.2) is 58.4 Å². The number of hydrogen-bond donors (Lipinski definition) is 2. The van der Waals surface area contributed by atoms with Gasteiger partial charge in [0.05, 0.1) is 35.2 Å². The highest BCUT2D eigenvalue weighted by atomic mass is 32.1. The maximum absolute atomic E-state index is 12.6. The SMILES string of the molecule is CC(C)NC(=O)c1cc2c(N3CCOCC3)nc(-c3cccc4[nH]ncc34)nc2s1. The highest BCUT2D eigenvalue weighted by molar-refractivity contribution is 7.20. The molecule has 0 atom stereocenters. The first-order chi connectivity index (χ1) is 14.6. The molecule has 1 aliphatic heterocycles. The van der Waals surface area contributed by atoms with E-state index in [0.717, 1.165) is 45.6 Å². The Balaban J connectivity index is 1.68. The average molecular weight is 423 g/mol. The molecular weight excluding hydrogens is 400 g/mol. The molecular formula is C21H22N6O2S. The lowest BCUT2D eigenvalue weighted by molar-refractivity contribution is 0.0947. The van der Waals surface area contributed by atoms with Crippen LogP contribution in [0.3, 0.4) is 0 Å². The van der Waals surface area contributed by atoms with Gasteiger partial charge in [0.15, 0.2) is 5.82 Å². The van der Waals surface area contributed by atoms with Crippen LogP contribution in [0.1, 0.15) is 23.5 Å². The first kappa shape index (κ1) is 19.0. The molecule has 154 valence electrons. The average Bonchev–Trinajstić information content (AvgIpc) is 3.40. The Morgan fingerprint density at radius 3 is 2.87 bits per heavy atom. The zero-order chi connectivity index (χ0) is 20.7. The number of ether oxygens (including phenoxy) is 1. The van der Waals surface area contributed by atoms with E-state index in [1.807, 2.05) is 38.1 Å². The van der Waals surface area contributed by atoms with Crippen molar-refractivity contribution in [2.75, 3.05) is 31.2 Å². The van der Waals surface area contributed by atoms with Gasteiger partial charge in [-0.1, -0.05) is 12.1 Å². The van der Waals surface area contributed by atoms with Gasteiger partial charge < -0.3 is 15.0 Å². The normalized spacial score (nSPS) is 14.7. The zero-order valence-electron chi connectivity index (χ0n) is 16.8. The molecule has 0 aliphatic carbocycles. The van der Waals surface area contributed by atoms with E-state index in [0.29, 0.717) is 23.9 Å². The number of amides is 1. The van der Waals surface area contributed by atoms with E-state index >= 15 is 0 Å². The Hall–Kier alpha value is -3.04. The van der Waals surface area contributed by atoms with Crippen molar-refractivity contribution in [1.82, 2.24) is 25.5 Å². The summed E-state index contributed by atoms with van der Waals surface area (Å²) in [5, 5.41) is 12.0. The second-order valence-electron chi connectivity index (χ2n) is 7.56. The third-order valence-electron chi connectivity index (χ3n) is 5.05. The number of thiophene rings is 1. The van der Waals surface area contributed by atoms with Crippen LogP contribution < -0.4 is 10.2 Å². The predicted molar refractivity (Wildman–Crippen MR) is 118 cm³/mol. The van der Waals surface area contributed by atoms with E-state index in [2.05, 4.69) is 20.4 Å². The predicted octanol–water partition coefficient (Wildman–Crippen LogP) is 3.21. The molecule has 8 nitrogen and oxygen atoms in total. The lowest BCUT2D eigenvalue weighted by Gasteiger charge is -2.28.